The van der Waals surface area contributed by atoms with Crippen LogP contribution in [-0.4, -0.2) is 41.1 Å². The van der Waals surface area contributed by atoms with Crippen molar-refractivity contribution in [2.45, 2.75) is 12.8 Å². The van der Waals surface area contributed by atoms with Crippen molar-refractivity contribution in [3.05, 3.63) is 84.4 Å². The lowest BCUT2D eigenvalue weighted by molar-refractivity contribution is 0.310. The molecule has 0 spiro atoms. The highest BCUT2D eigenvalue weighted by Crippen LogP contribution is 2.20. The second kappa shape index (κ2) is 8.85. The first-order valence-corrected chi connectivity index (χ1v) is 8.74. The van der Waals surface area contributed by atoms with Gasteiger partial charge in [0.25, 0.3) is 0 Å². The van der Waals surface area contributed by atoms with Gasteiger partial charge in [0.2, 0.25) is 0 Å². The average Bonchev–Trinajstić information content (AvgIpc) is 3.19. The van der Waals surface area contributed by atoms with Crippen LogP contribution in [0.1, 0.15) is 17.5 Å². The van der Waals surface area contributed by atoms with Gasteiger partial charge in [-0.15, -0.1) is 0 Å². The first-order valence-electron chi connectivity index (χ1n) is 8.74. The topological polar surface area (TPSA) is 42.6 Å². The summed E-state index contributed by atoms with van der Waals surface area (Å²) in [6.07, 6.45) is 7.34. The Bertz CT molecular complexity index is 826. The van der Waals surface area contributed by atoms with Gasteiger partial charge in [0.1, 0.15) is 12.1 Å². The Kier molecular flexibility index (Phi) is 6.04. The van der Waals surface area contributed by atoms with Crippen LogP contribution < -0.4 is 4.74 Å². The largest absolute Gasteiger partial charge is 0.493 e. The molecular weight excluding hydrogens is 324 g/mol. The fourth-order valence-corrected chi connectivity index (χ4v) is 2.70. The maximum atomic E-state index is 6.09. The molecule has 1 heterocycles. The minimum Gasteiger partial charge on any atom is -0.493 e. The Labute approximate surface area is 154 Å². The van der Waals surface area contributed by atoms with E-state index < -0.39 is 0 Å². The number of aryl methyl sites for hydroxylation is 1. The molecule has 0 unspecified atom stereocenters. The van der Waals surface area contributed by atoms with Crippen molar-refractivity contribution in [1.29, 1.82) is 0 Å². The standard InChI is InChI=1S/C21H24N4O/c1-24(2)23-21(25-15-14-22-17-25)19-12-6-7-13-20(19)26-16-8-11-18-9-4-3-5-10-18/h3-7,9-10,12-15,17H,8,11,16H2,1-2H3. The number of imidazole rings is 1. The van der Waals surface area contributed by atoms with Gasteiger partial charge < -0.3 is 9.75 Å². The van der Waals surface area contributed by atoms with Crippen LogP contribution in [0.15, 0.2) is 78.4 Å². The zero-order valence-electron chi connectivity index (χ0n) is 15.2. The van der Waals surface area contributed by atoms with E-state index >= 15 is 0 Å². The SMILES string of the molecule is CN(C)N=C(c1ccccc1OCCCc1ccccc1)n1ccnc1. The molecule has 5 heteroatoms. The first kappa shape index (κ1) is 17.7. The van der Waals surface area contributed by atoms with Crippen LogP contribution >= 0.6 is 0 Å². The summed E-state index contributed by atoms with van der Waals surface area (Å²) in [6, 6.07) is 18.5. The Morgan fingerprint density at radius 2 is 1.85 bits per heavy atom. The number of rotatable bonds is 7. The van der Waals surface area contributed by atoms with Gasteiger partial charge >= 0.3 is 0 Å². The van der Waals surface area contributed by atoms with E-state index in [1.54, 1.807) is 17.5 Å². The molecule has 0 amide bonds. The lowest BCUT2D eigenvalue weighted by Crippen LogP contribution is -2.18. The minimum atomic E-state index is 0.658. The number of ether oxygens (including phenoxy) is 1. The summed E-state index contributed by atoms with van der Waals surface area (Å²) >= 11 is 0. The molecule has 0 saturated carbocycles. The number of benzene rings is 2. The lowest BCUT2D eigenvalue weighted by atomic mass is 10.1. The molecule has 0 N–H and O–H groups in total. The molecule has 3 aromatic rings. The molecule has 0 saturated heterocycles. The van der Waals surface area contributed by atoms with Gasteiger partial charge in [0.05, 0.1) is 12.2 Å². The molecule has 0 atom stereocenters. The van der Waals surface area contributed by atoms with Gasteiger partial charge in [-0.3, -0.25) is 4.57 Å². The highest BCUT2D eigenvalue weighted by molar-refractivity contribution is 6.02. The Morgan fingerprint density at radius 1 is 1.08 bits per heavy atom. The van der Waals surface area contributed by atoms with E-state index in [1.807, 2.05) is 55.2 Å². The van der Waals surface area contributed by atoms with Crippen LogP contribution in [0.5, 0.6) is 5.75 Å². The minimum absolute atomic E-state index is 0.658. The van der Waals surface area contributed by atoms with Crippen molar-refractivity contribution < 1.29 is 4.74 Å². The van der Waals surface area contributed by atoms with Crippen molar-refractivity contribution in [2.24, 2.45) is 5.10 Å². The van der Waals surface area contributed by atoms with Crippen molar-refractivity contribution in [3.8, 4) is 5.75 Å². The molecule has 0 aliphatic rings. The van der Waals surface area contributed by atoms with E-state index in [9.17, 15) is 0 Å². The normalized spacial score (nSPS) is 11.4. The van der Waals surface area contributed by atoms with E-state index in [0.717, 1.165) is 30.0 Å². The molecule has 5 nitrogen and oxygen atoms in total. The maximum absolute atomic E-state index is 6.09. The molecule has 134 valence electrons. The zero-order chi connectivity index (χ0) is 18.2. The van der Waals surface area contributed by atoms with Crippen molar-refractivity contribution in [2.75, 3.05) is 20.7 Å². The number of hydrogen-bond donors (Lipinski definition) is 0. The Morgan fingerprint density at radius 3 is 2.58 bits per heavy atom. The molecule has 0 radical (unpaired) electrons. The second-order valence-corrected chi connectivity index (χ2v) is 6.17. The molecule has 26 heavy (non-hydrogen) atoms. The summed E-state index contributed by atoms with van der Waals surface area (Å²) in [7, 11) is 3.81. The molecule has 0 aliphatic heterocycles. The van der Waals surface area contributed by atoms with Gasteiger partial charge in [-0.2, -0.15) is 5.10 Å². The van der Waals surface area contributed by atoms with Crippen LogP contribution in [-0.2, 0) is 6.42 Å². The maximum Gasteiger partial charge on any atom is 0.168 e. The average molecular weight is 348 g/mol. The van der Waals surface area contributed by atoms with E-state index in [1.165, 1.54) is 5.56 Å². The number of aromatic nitrogens is 2. The summed E-state index contributed by atoms with van der Waals surface area (Å²) < 4.78 is 7.98. The lowest BCUT2D eigenvalue weighted by Gasteiger charge is -2.16. The van der Waals surface area contributed by atoms with Gasteiger partial charge in [-0.05, 0) is 30.5 Å². The molecule has 2 aromatic carbocycles. The van der Waals surface area contributed by atoms with Gasteiger partial charge in [-0.1, -0.05) is 42.5 Å². The smallest absolute Gasteiger partial charge is 0.168 e. The quantitative estimate of drug-likeness (QED) is 0.283. The second-order valence-electron chi connectivity index (χ2n) is 6.17. The van der Waals surface area contributed by atoms with Gasteiger partial charge in [0.15, 0.2) is 5.84 Å². The summed E-state index contributed by atoms with van der Waals surface area (Å²) in [4.78, 5) is 4.14. The third kappa shape index (κ3) is 4.72. The number of para-hydroxylation sites is 1. The molecule has 0 bridgehead atoms. The number of hydrazone groups is 1. The van der Waals surface area contributed by atoms with Crippen molar-refractivity contribution in [3.63, 3.8) is 0 Å². The van der Waals surface area contributed by atoms with Crippen molar-refractivity contribution in [1.82, 2.24) is 14.6 Å². The first-order chi connectivity index (χ1) is 12.7. The van der Waals surface area contributed by atoms with E-state index in [0.29, 0.717) is 6.61 Å². The molecule has 3 rings (SSSR count). The van der Waals surface area contributed by atoms with E-state index in [2.05, 4.69) is 34.4 Å². The number of nitrogens with zero attached hydrogens (tertiary/aromatic N) is 4. The third-order valence-electron chi connectivity index (χ3n) is 3.88. The summed E-state index contributed by atoms with van der Waals surface area (Å²) in [5, 5.41) is 6.40. The Balaban J connectivity index is 1.72. The van der Waals surface area contributed by atoms with E-state index in [4.69, 9.17) is 4.74 Å². The molecule has 1 aromatic heterocycles. The predicted molar refractivity (Wildman–Crippen MR) is 105 cm³/mol. The molecule has 0 fully saturated rings. The fourth-order valence-electron chi connectivity index (χ4n) is 2.70. The summed E-state index contributed by atoms with van der Waals surface area (Å²) in [5.41, 5.74) is 2.27. The van der Waals surface area contributed by atoms with Crippen molar-refractivity contribution >= 4 is 5.84 Å². The predicted octanol–water partition coefficient (Wildman–Crippen LogP) is 3.67. The van der Waals surface area contributed by atoms with Crippen LogP contribution in [0, 0.1) is 0 Å². The molecular formula is C21H24N4O. The highest BCUT2D eigenvalue weighted by atomic mass is 16.5. The number of hydrogen-bond acceptors (Lipinski definition) is 4. The van der Waals surface area contributed by atoms with Crippen LogP contribution in [0.25, 0.3) is 0 Å². The summed E-state index contributed by atoms with van der Waals surface area (Å²) in [6.45, 7) is 0.658. The van der Waals surface area contributed by atoms with E-state index in [-0.39, 0.29) is 0 Å². The van der Waals surface area contributed by atoms with Crippen LogP contribution in [0.2, 0.25) is 0 Å². The van der Waals surface area contributed by atoms with Gasteiger partial charge in [0, 0.05) is 26.5 Å². The summed E-state index contributed by atoms with van der Waals surface area (Å²) in [5.74, 6) is 1.61. The van der Waals surface area contributed by atoms with Gasteiger partial charge in [-0.25, -0.2) is 4.98 Å². The van der Waals surface area contributed by atoms with Crippen LogP contribution in [0.4, 0.5) is 0 Å². The highest BCUT2D eigenvalue weighted by Gasteiger charge is 2.13. The Hall–Kier alpha value is -3.08. The molecule has 0 aliphatic carbocycles. The monoisotopic (exact) mass is 348 g/mol. The third-order valence-corrected chi connectivity index (χ3v) is 3.88. The zero-order valence-corrected chi connectivity index (χ0v) is 15.2. The van der Waals surface area contributed by atoms with Crippen LogP contribution in [0.3, 0.4) is 0 Å². The fraction of sp³-hybridized carbons (Fsp3) is 0.238.